The van der Waals surface area contributed by atoms with Gasteiger partial charge in [0.05, 0.1) is 22.2 Å². The third-order valence-electron chi connectivity index (χ3n) is 8.71. The molecule has 9 rings (SSSR count). The predicted molar refractivity (Wildman–Crippen MR) is 194 cm³/mol. The van der Waals surface area contributed by atoms with Crippen LogP contribution in [0.25, 0.3) is 65.7 Å². The predicted octanol–water partition coefficient (Wildman–Crippen LogP) is 12.7. The molecule has 8 aromatic carbocycles. The van der Waals surface area contributed by atoms with E-state index >= 15 is 0 Å². The molecule has 0 saturated heterocycles. The van der Waals surface area contributed by atoms with Crippen molar-refractivity contribution in [3.05, 3.63) is 176 Å². The number of hydrogen-bond donors (Lipinski definition) is 0. The normalized spacial score (nSPS) is 12.7. The van der Waals surface area contributed by atoms with Crippen LogP contribution >= 0.6 is 0 Å². The first-order chi connectivity index (χ1) is 24.5. The molecular formula is C44H29NO. The molecule has 0 radical (unpaired) electrons. The molecular weight excluding hydrogens is 558 g/mol. The second kappa shape index (κ2) is 10.8. The van der Waals surface area contributed by atoms with Gasteiger partial charge in [0, 0.05) is 21.8 Å². The maximum Gasteiger partial charge on any atom is 0.143 e. The molecule has 0 unspecified atom stereocenters. The van der Waals surface area contributed by atoms with E-state index in [0.717, 1.165) is 54.7 Å². The molecule has 9 aromatic rings. The minimum atomic E-state index is -0.130. The van der Waals surface area contributed by atoms with Crippen LogP contribution in [0.1, 0.15) is 5.48 Å². The van der Waals surface area contributed by atoms with E-state index in [4.69, 9.17) is 4.42 Å². The van der Waals surface area contributed by atoms with Gasteiger partial charge in [-0.2, -0.15) is 0 Å². The SMILES string of the molecule is [2H]c1c([2H])c(N(c2cccc3ccccc23)c2cccc3oc4c5ccccc5ccc4c23)c([2H])c([2H])c1-c1cccc(-c2ccccc2)c1. The Balaban J connectivity index is 1.34. The second-order valence-electron chi connectivity index (χ2n) is 11.4. The Labute approximate surface area is 273 Å². The molecule has 0 N–H and O–H groups in total. The molecule has 0 atom stereocenters. The van der Waals surface area contributed by atoms with Crippen LogP contribution in [0.3, 0.4) is 0 Å². The molecule has 1 aromatic heterocycles. The van der Waals surface area contributed by atoms with Crippen LogP contribution in [0.5, 0.6) is 0 Å². The third-order valence-corrected chi connectivity index (χ3v) is 8.71. The van der Waals surface area contributed by atoms with E-state index in [1.165, 1.54) is 0 Å². The van der Waals surface area contributed by atoms with Gasteiger partial charge in [0.25, 0.3) is 0 Å². The fourth-order valence-corrected chi connectivity index (χ4v) is 6.54. The number of hydrogen-bond acceptors (Lipinski definition) is 2. The standard InChI is InChI=1S/C44H29NO/c1-2-11-30(12-3-1)34-16-8-17-35(29-34)31-23-26-36(27-24-31)45(40-20-9-15-32-13-4-6-18-37(32)40)41-21-10-22-42-43(41)39-28-25-33-14-5-7-19-38(33)44(39)46-42/h1-29H/i23D,24D,26D,27D. The maximum atomic E-state index is 9.56. The Hall–Kier alpha value is -6.12. The summed E-state index contributed by atoms with van der Waals surface area (Å²) in [4.78, 5) is 1.89. The molecule has 46 heavy (non-hydrogen) atoms. The smallest absolute Gasteiger partial charge is 0.143 e. The highest BCUT2D eigenvalue weighted by Crippen LogP contribution is 2.46. The van der Waals surface area contributed by atoms with Crippen LogP contribution in [-0.2, 0) is 0 Å². The summed E-state index contributed by atoms with van der Waals surface area (Å²) >= 11 is 0. The number of rotatable bonds is 5. The van der Waals surface area contributed by atoms with Crippen molar-refractivity contribution in [1.29, 1.82) is 0 Å². The fraction of sp³-hybridized carbons (Fsp3) is 0. The molecule has 0 spiro atoms. The monoisotopic (exact) mass is 591 g/mol. The van der Waals surface area contributed by atoms with Gasteiger partial charge < -0.3 is 9.32 Å². The highest BCUT2D eigenvalue weighted by Gasteiger charge is 2.21. The first kappa shape index (κ1) is 22.4. The Bertz CT molecular complexity index is 2740. The zero-order valence-electron chi connectivity index (χ0n) is 28.8. The number of anilines is 3. The summed E-state index contributed by atoms with van der Waals surface area (Å²) in [6, 6.07) is 49.2. The lowest BCUT2D eigenvalue weighted by molar-refractivity contribution is 0.672. The molecule has 1 heterocycles. The number of nitrogens with zero attached hydrogens (tertiary/aromatic N) is 1. The molecule has 2 heteroatoms. The van der Waals surface area contributed by atoms with Gasteiger partial charge in [-0.1, -0.05) is 133 Å². The molecule has 0 bridgehead atoms. The van der Waals surface area contributed by atoms with Gasteiger partial charge >= 0.3 is 0 Å². The lowest BCUT2D eigenvalue weighted by atomic mass is 9.98. The quantitative estimate of drug-likeness (QED) is 0.198. The van der Waals surface area contributed by atoms with Gasteiger partial charge in [0.1, 0.15) is 11.2 Å². The molecule has 0 aliphatic heterocycles. The van der Waals surface area contributed by atoms with Gasteiger partial charge in [0.15, 0.2) is 0 Å². The summed E-state index contributed by atoms with van der Waals surface area (Å²) in [6.07, 6.45) is 0. The minimum Gasteiger partial charge on any atom is -0.455 e. The summed E-state index contributed by atoms with van der Waals surface area (Å²) in [5.41, 5.74) is 5.88. The average Bonchev–Trinajstić information content (AvgIpc) is 3.56. The van der Waals surface area contributed by atoms with Crippen molar-refractivity contribution >= 4 is 60.5 Å². The number of fused-ring (bicyclic) bond motifs is 6. The van der Waals surface area contributed by atoms with Crippen molar-refractivity contribution in [3.63, 3.8) is 0 Å². The molecule has 0 amide bonds. The van der Waals surface area contributed by atoms with Crippen LogP contribution in [0.2, 0.25) is 0 Å². The van der Waals surface area contributed by atoms with Gasteiger partial charge in [0.2, 0.25) is 0 Å². The van der Waals surface area contributed by atoms with E-state index in [0.29, 0.717) is 16.8 Å². The first-order valence-electron chi connectivity index (χ1n) is 17.4. The van der Waals surface area contributed by atoms with Crippen molar-refractivity contribution in [3.8, 4) is 22.3 Å². The van der Waals surface area contributed by atoms with Crippen molar-refractivity contribution in [2.45, 2.75) is 0 Å². The van der Waals surface area contributed by atoms with Crippen LogP contribution < -0.4 is 4.90 Å². The number of benzene rings is 8. The molecule has 0 aliphatic carbocycles. The van der Waals surface area contributed by atoms with Crippen LogP contribution in [-0.4, -0.2) is 0 Å². The zero-order chi connectivity index (χ0) is 33.9. The highest BCUT2D eigenvalue weighted by atomic mass is 16.3. The van der Waals surface area contributed by atoms with E-state index in [2.05, 4.69) is 24.3 Å². The Morgan fingerprint density at radius 1 is 0.435 bits per heavy atom. The van der Waals surface area contributed by atoms with Crippen molar-refractivity contribution < 1.29 is 9.90 Å². The minimum absolute atomic E-state index is 0.105. The fourth-order valence-electron chi connectivity index (χ4n) is 6.54. The molecule has 2 nitrogen and oxygen atoms in total. The van der Waals surface area contributed by atoms with Crippen LogP contribution in [0.4, 0.5) is 17.1 Å². The summed E-state index contributed by atoms with van der Waals surface area (Å²) in [7, 11) is 0. The summed E-state index contributed by atoms with van der Waals surface area (Å²) < 4.78 is 44.5. The third kappa shape index (κ3) is 4.35. The summed E-state index contributed by atoms with van der Waals surface area (Å²) in [5, 5.41) is 5.71. The van der Waals surface area contributed by atoms with E-state index in [1.54, 1.807) is 0 Å². The van der Waals surface area contributed by atoms with Crippen LogP contribution in [0.15, 0.2) is 180 Å². The Morgan fingerprint density at radius 3 is 1.87 bits per heavy atom. The lowest BCUT2D eigenvalue weighted by Crippen LogP contribution is -2.10. The van der Waals surface area contributed by atoms with Crippen molar-refractivity contribution in [1.82, 2.24) is 0 Å². The van der Waals surface area contributed by atoms with Crippen molar-refractivity contribution in [2.75, 3.05) is 4.90 Å². The zero-order valence-corrected chi connectivity index (χ0v) is 24.8. The van der Waals surface area contributed by atoms with Crippen molar-refractivity contribution in [2.24, 2.45) is 0 Å². The van der Waals surface area contributed by atoms with E-state index in [1.807, 2.05) is 132 Å². The van der Waals surface area contributed by atoms with Gasteiger partial charge in [-0.05, 0) is 75.4 Å². The Kier molecular flexibility index (Phi) is 5.26. The largest absolute Gasteiger partial charge is 0.455 e. The first-order valence-corrected chi connectivity index (χ1v) is 15.4. The maximum absolute atomic E-state index is 9.56. The Morgan fingerprint density at radius 2 is 1.04 bits per heavy atom. The van der Waals surface area contributed by atoms with Crippen LogP contribution in [0, 0.1) is 0 Å². The molecule has 216 valence electrons. The van der Waals surface area contributed by atoms with Gasteiger partial charge in [-0.15, -0.1) is 0 Å². The van der Waals surface area contributed by atoms with Gasteiger partial charge in [-0.25, -0.2) is 0 Å². The molecule has 0 aliphatic rings. The molecule has 0 saturated carbocycles. The summed E-state index contributed by atoms with van der Waals surface area (Å²) in [5.74, 6) is 0. The molecule has 0 fully saturated rings. The van der Waals surface area contributed by atoms with Gasteiger partial charge in [-0.3, -0.25) is 0 Å². The lowest BCUT2D eigenvalue weighted by Gasteiger charge is -2.27. The summed E-state index contributed by atoms with van der Waals surface area (Å²) in [6.45, 7) is 0. The highest BCUT2D eigenvalue weighted by molar-refractivity contribution is 6.20. The topological polar surface area (TPSA) is 16.4 Å². The number of furan rings is 1. The van der Waals surface area contributed by atoms with E-state index in [9.17, 15) is 5.48 Å². The van der Waals surface area contributed by atoms with E-state index < -0.39 is 0 Å². The van der Waals surface area contributed by atoms with E-state index in [-0.39, 0.29) is 35.4 Å². The average molecular weight is 592 g/mol. The second-order valence-corrected chi connectivity index (χ2v) is 11.4.